The summed E-state index contributed by atoms with van der Waals surface area (Å²) in [5.41, 5.74) is 1.19. The fourth-order valence-corrected chi connectivity index (χ4v) is 0.852. The average molecular weight is 124 g/mol. The van der Waals surface area contributed by atoms with Crippen LogP contribution in [-0.2, 0) is 13.5 Å². The van der Waals surface area contributed by atoms with Gasteiger partial charge in [-0.05, 0) is 6.42 Å². The molecule has 50 valence electrons. The van der Waals surface area contributed by atoms with E-state index in [9.17, 15) is 0 Å². The zero-order valence-corrected chi connectivity index (χ0v) is 5.96. The fourth-order valence-electron chi connectivity index (χ4n) is 0.852. The van der Waals surface area contributed by atoms with Crippen molar-refractivity contribution in [2.75, 3.05) is 0 Å². The van der Waals surface area contributed by atoms with Gasteiger partial charge in [0.25, 0.3) is 0 Å². The molecule has 0 N–H and O–H groups in total. The molecule has 0 unspecified atom stereocenters. The van der Waals surface area contributed by atoms with Crippen molar-refractivity contribution >= 4 is 0 Å². The fraction of sp³-hybridized carbons (Fsp3) is 0.571. The molecule has 0 saturated carbocycles. The van der Waals surface area contributed by atoms with Crippen LogP contribution in [-0.4, -0.2) is 9.55 Å². The van der Waals surface area contributed by atoms with Crippen LogP contribution in [0.5, 0.6) is 0 Å². The lowest BCUT2D eigenvalue weighted by Crippen LogP contribution is -1.81. The molecule has 0 aliphatic heterocycles. The first kappa shape index (κ1) is 6.33. The first-order valence-electron chi connectivity index (χ1n) is 3.29. The van der Waals surface area contributed by atoms with Crippen molar-refractivity contribution in [1.29, 1.82) is 0 Å². The number of hydrogen-bond donors (Lipinski definition) is 0. The van der Waals surface area contributed by atoms with E-state index in [-0.39, 0.29) is 0 Å². The first-order chi connectivity index (χ1) is 4.33. The Kier molecular flexibility index (Phi) is 1.88. The van der Waals surface area contributed by atoms with Crippen molar-refractivity contribution in [3.8, 4) is 0 Å². The van der Waals surface area contributed by atoms with E-state index in [1.807, 2.05) is 17.9 Å². The third-order valence-corrected chi connectivity index (χ3v) is 1.26. The van der Waals surface area contributed by atoms with E-state index in [0.717, 1.165) is 6.42 Å². The van der Waals surface area contributed by atoms with Crippen LogP contribution >= 0.6 is 0 Å². The largest absolute Gasteiger partial charge is 0.340 e. The van der Waals surface area contributed by atoms with E-state index in [1.54, 1.807) is 0 Å². The summed E-state index contributed by atoms with van der Waals surface area (Å²) in [5, 5.41) is 0. The second kappa shape index (κ2) is 2.67. The van der Waals surface area contributed by atoms with Gasteiger partial charge in [-0.3, -0.25) is 0 Å². The Labute approximate surface area is 55.5 Å². The number of imidazole rings is 1. The standard InChI is InChI=1S/C7H12N2/c1-3-4-7-5-9(2)6-8-7/h5-6H,3-4H2,1-2H3. The molecule has 0 saturated heterocycles. The van der Waals surface area contributed by atoms with Gasteiger partial charge >= 0.3 is 0 Å². The van der Waals surface area contributed by atoms with E-state index in [2.05, 4.69) is 18.1 Å². The molecule has 9 heavy (non-hydrogen) atoms. The number of aromatic nitrogens is 2. The van der Waals surface area contributed by atoms with Gasteiger partial charge in [0.15, 0.2) is 0 Å². The van der Waals surface area contributed by atoms with Gasteiger partial charge < -0.3 is 4.57 Å². The minimum atomic E-state index is 1.10. The highest BCUT2D eigenvalue weighted by molar-refractivity contribution is 4.95. The Morgan fingerprint density at radius 1 is 1.67 bits per heavy atom. The second-order valence-electron chi connectivity index (χ2n) is 2.28. The lowest BCUT2D eigenvalue weighted by Gasteiger charge is -1.86. The molecule has 1 heterocycles. The molecule has 0 radical (unpaired) electrons. The van der Waals surface area contributed by atoms with Crippen LogP contribution in [0.1, 0.15) is 19.0 Å². The van der Waals surface area contributed by atoms with Gasteiger partial charge in [0.2, 0.25) is 0 Å². The van der Waals surface area contributed by atoms with Gasteiger partial charge in [-0.15, -0.1) is 0 Å². The third kappa shape index (κ3) is 1.56. The van der Waals surface area contributed by atoms with Gasteiger partial charge in [-0.2, -0.15) is 0 Å². The zero-order chi connectivity index (χ0) is 6.69. The van der Waals surface area contributed by atoms with Crippen molar-refractivity contribution in [3.05, 3.63) is 18.2 Å². The van der Waals surface area contributed by atoms with Crippen LogP contribution in [0.15, 0.2) is 12.5 Å². The monoisotopic (exact) mass is 124 g/mol. The van der Waals surface area contributed by atoms with Crippen LogP contribution in [0.3, 0.4) is 0 Å². The Bertz CT molecular complexity index is 179. The van der Waals surface area contributed by atoms with E-state index < -0.39 is 0 Å². The lowest BCUT2D eigenvalue weighted by atomic mass is 10.3. The van der Waals surface area contributed by atoms with Crippen molar-refractivity contribution in [1.82, 2.24) is 9.55 Å². The number of nitrogens with zero attached hydrogens (tertiary/aromatic N) is 2. The summed E-state index contributed by atoms with van der Waals surface area (Å²) in [6.07, 6.45) is 6.17. The van der Waals surface area contributed by atoms with Crippen LogP contribution in [0, 0.1) is 0 Å². The van der Waals surface area contributed by atoms with E-state index in [0.29, 0.717) is 0 Å². The molecule has 1 rings (SSSR count). The highest BCUT2D eigenvalue weighted by atomic mass is 15.0. The van der Waals surface area contributed by atoms with Crippen LogP contribution < -0.4 is 0 Å². The van der Waals surface area contributed by atoms with Gasteiger partial charge in [0, 0.05) is 13.2 Å². The summed E-state index contributed by atoms with van der Waals surface area (Å²) >= 11 is 0. The summed E-state index contributed by atoms with van der Waals surface area (Å²) in [7, 11) is 1.99. The maximum absolute atomic E-state index is 4.17. The Hall–Kier alpha value is -0.790. The highest BCUT2D eigenvalue weighted by Gasteiger charge is 1.91. The predicted molar refractivity (Wildman–Crippen MR) is 37.2 cm³/mol. The topological polar surface area (TPSA) is 17.8 Å². The highest BCUT2D eigenvalue weighted by Crippen LogP contribution is 1.96. The molecule has 1 aromatic heterocycles. The van der Waals surface area contributed by atoms with Crippen LogP contribution in [0.25, 0.3) is 0 Å². The van der Waals surface area contributed by atoms with E-state index in [4.69, 9.17) is 0 Å². The number of aryl methyl sites for hydroxylation is 2. The summed E-state index contributed by atoms with van der Waals surface area (Å²) in [6.45, 7) is 2.16. The first-order valence-corrected chi connectivity index (χ1v) is 3.29. The quantitative estimate of drug-likeness (QED) is 0.582. The van der Waals surface area contributed by atoms with E-state index >= 15 is 0 Å². The van der Waals surface area contributed by atoms with Crippen molar-refractivity contribution in [2.24, 2.45) is 7.05 Å². The average Bonchev–Trinajstić information content (AvgIpc) is 2.17. The van der Waals surface area contributed by atoms with Gasteiger partial charge in [0.1, 0.15) is 0 Å². The zero-order valence-electron chi connectivity index (χ0n) is 5.96. The molecule has 0 aromatic carbocycles. The predicted octanol–water partition coefficient (Wildman–Crippen LogP) is 1.37. The van der Waals surface area contributed by atoms with Gasteiger partial charge in [-0.25, -0.2) is 4.98 Å². The minimum absolute atomic E-state index is 1.10. The summed E-state index contributed by atoms with van der Waals surface area (Å²) in [5.74, 6) is 0. The smallest absolute Gasteiger partial charge is 0.0946 e. The molecule has 0 spiro atoms. The summed E-state index contributed by atoms with van der Waals surface area (Å²) in [6, 6.07) is 0. The van der Waals surface area contributed by atoms with Crippen molar-refractivity contribution < 1.29 is 0 Å². The molecular formula is C7H12N2. The summed E-state index contributed by atoms with van der Waals surface area (Å²) in [4.78, 5) is 4.17. The molecule has 2 heteroatoms. The van der Waals surface area contributed by atoms with Crippen molar-refractivity contribution in [3.63, 3.8) is 0 Å². The molecule has 0 fully saturated rings. The number of rotatable bonds is 2. The minimum Gasteiger partial charge on any atom is -0.340 e. The molecule has 0 bridgehead atoms. The number of hydrogen-bond acceptors (Lipinski definition) is 1. The molecule has 0 atom stereocenters. The second-order valence-corrected chi connectivity index (χ2v) is 2.28. The maximum atomic E-state index is 4.17. The van der Waals surface area contributed by atoms with Crippen molar-refractivity contribution in [2.45, 2.75) is 19.8 Å². The molecular weight excluding hydrogens is 112 g/mol. The Balaban J connectivity index is 2.61. The molecule has 0 aliphatic rings. The molecule has 0 aliphatic carbocycles. The van der Waals surface area contributed by atoms with Crippen LogP contribution in [0.2, 0.25) is 0 Å². The maximum Gasteiger partial charge on any atom is 0.0946 e. The Morgan fingerprint density at radius 3 is 2.89 bits per heavy atom. The third-order valence-electron chi connectivity index (χ3n) is 1.26. The normalized spacial score (nSPS) is 10.0. The lowest BCUT2D eigenvalue weighted by molar-refractivity contribution is 0.885. The summed E-state index contributed by atoms with van der Waals surface area (Å²) < 4.78 is 1.98. The Morgan fingerprint density at radius 2 is 2.44 bits per heavy atom. The van der Waals surface area contributed by atoms with Crippen LogP contribution in [0.4, 0.5) is 0 Å². The van der Waals surface area contributed by atoms with Gasteiger partial charge in [0.05, 0.1) is 12.0 Å². The van der Waals surface area contributed by atoms with Gasteiger partial charge in [-0.1, -0.05) is 13.3 Å². The molecule has 2 nitrogen and oxygen atoms in total. The molecule has 0 amide bonds. The SMILES string of the molecule is CCCc1cn(C)cn1. The molecule has 1 aromatic rings. The van der Waals surface area contributed by atoms with E-state index in [1.165, 1.54) is 12.1 Å².